The van der Waals surface area contributed by atoms with Crippen LogP contribution >= 0.6 is 11.6 Å². The number of benzene rings is 1. The molecule has 1 fully saturated rings. The Kier molecular flexibility index (Phi) is 5.62. The maximum absolute atomic E-state index is 12.7. The third-order valence-electron chi connectivity index (χ3n) is 5.98. The molecule has 36 heavy (non-hydrogen) atoms. The van der Waals surface area contributed by atoms with Crippen molar-refractivity contribution >= 4 is 40.2 Å². The van der Waals surface area contributed by atoms with Crippen LogP contribution in [0.1, 0.15) is 10.4 Å². The van der Waals surface area contributed by atoms with Crippen molar-refractivity contribution in [1.29, 1.82) is 0 Å². The van der Waals surface area contributed by atoms with Gasteiger partial charge in [0.2, 0.25) is 0 Å². The van der Waals surface area contributed by atoms with E-state index in [1.165, 1.54) is 0 Å². The summed E-state index contributed by atoms with van der Waals surface area (Å²) in [6.45, 7) is 2.20. The number of rotatable bonds is 5. The van der Waals surface area contributed by atoms with Crippen LogP contribution in [0.25, 0.3) is 33.6 Å². The summed E-state index contributed by atoms with van der Waals surface area (Å²) in [5.74, 6) is 0.245. The Morgan fingerprint density at radius 1 is 1.14 bits per heavy atom. The zero-order chi connectivity index (χ0) is 24.6. The van der Waals surface area contributed by atoms with E-state index in [9.17, 15) is 4.79 Å². The minimum absolute atomic E-state index is 0.0783. The number of H-pyrrole nitrogens is 1. The number of halogens is 1. The van der Waals surface area contributed by atoms with Crippen molar-refractivity contribution in [3.63, 3.8) is 0 Å². The second-order valence-electron chi connectivity index (χ2n) is 8.36. The molecular weight excluding hydrogens is 484 g/mol. The Balaban J connectivity index is 1.23. The smallest absolute Gasteiger partial charge is 0.320 e. The van der Waals surface area contributed by atoms with Crippen LogP contribution in [-0.4, -0.2) is 67.1 Å². The second kappa shape index (κ2) is 9.10. The molecule has 182 valence electrons. The van der Waals surface area contributed by atoms with Crippen LogP contribution in [-0.2, 0) is 11.8 Å². The molecule has 4 aromatic heterocycles. The lowest BCUT2D eigenvalue weighted by atomic mass is 10.1. The molecule has 1 saturated heterocycles. The zero-order valence-electron chi connectivity index (χ0n) is 19.2. The fraction of sp³-hybridized carbons (Fsp3) is 0.208. The summed E-state index contributed by atoms with van der Waals surface area (Å²) in [5.41, 5.74) is 4.36. The van der Waals surface area contributed by atoms with E-state index in [4.69, 9.17) is 20.8 Å². The molecule has 0 radical (unpaired) electrons. The molecule has 1 aliphatic rings. The van der Waals surface area contributed by atoms with Crippen molar-refractivity contribution in [3.05, 3.63) is 59.6 Å². The van der Waals surface area contributed by atoms with Crippen molar-refractivity contribution in [1.82, 2.24) is 34.8 Å². The molecule has 0 atom stereocenters. The number of nitrogens with zero attached hydrogens (tertiary/aromatic N) is 6. The first kappa shape index (κ1) is 22.3. The van der Waals surface area contributed by atoms with Crippen LogP contribution in [0, 0.1) is 0 Å². The predicted molar refractivity (Wildman–Crippen MR) is 133 cm³/mol. The first-order valence-electron chi connectivity index (χ1n) is 11.3. The Labute approximate surface area is 210 Å². The number of pyridine rings is 1. The average molecular weight is 505 g/mol. The fourth-order valence-corrected chi connectivity index (χ4v) is 4.33. The number of carbonyl (C=O) groups excluding carboxylic acids is 1. The van der Waals surface area contributed by atoms with E-state index in [0.717, 1.165) is 22.1 Å². The molecule has 12 heteroatoms. The zero-order valence-corrected chi connectivity index (χ0v) is 20.0. The van der Waals surface area contributed by atoms with Crippen molar-refractivity contribution in [2.75, 3.05) is 31.6 Å². The Bertz CT molecular complexity index is 1570. The van der Waals surface area contributed by atoms with Gasteiger partial charge in [0.25, 0.3) is 11.8 Å². The number of nitrogens with one attached hydrogen (secondary N) is 2. The highest BCUT2D eigenvalue weighted by atomic mass is 35.5. The molecular formula is C24H21ClN8O3. The number of ether oxygens (including phenoxy) is 1. The maximum Gasteiger partial charge on any atom is 0.320 e. The molecule has 5 heterocycles. The van der Waals surface area contributed by atoms with Gasteiger partial charge in [-0.3, -0.25) is 9.48 Å². The standard InChI is InChI=1S/C24H21ClN8O3/c1-32-13-16(11-28-32)15-8-17-18(12-27-21(17)26-10-15)22-30-31-24(36-22)29-20-3-2-14(9-19(20)25)23(34)33-4-6-35-7-5-33/h2-3,8-13H,4-7H2,1H3,(H,26,27)(H,29,31). The monoisotopic (exact) mass is 504 g/mol. The second-order valence-corrected chi connectivity index (χ2v) is 8.77. The molecule has 0 unspecified atom stereocenters. The molecule has 1 amide bonds. The number of aromatic nitrogens is 6. The highest BCUT2D eigenvalue weighted by Crippen LogP contribution is 2.32. The number of aryl methyl sites for hydroxylation is 1. The summed E-state index contributed by atoms with van der Waals surface area (Å²) in [7, 11) is 1.87. The average Bonchev–Trinajstić information content (AvgIpc) is 3.64. The lowest BCUT2D eigenvalue weighted by Gasteiger charge is -2.27. The largest absolute Gasteiger partial charge is 0.403 e. The van der Waals surface area contributed by atoms with Crippen LogP contribution in [0.3, 0.4) is 0 Å². The van der Waals surface area contributed by atoms with Gasteiger partial charge in [0.05, 0.1) is 35.7 Å². The van der Waals surface area contributed by atoms with Crippen molar-refractivity contribution in [2.45, 2.75) is 0 Å². The SMILES string of the molecule is Cn1cc(-c2cnc3[nH]cc(-c4nnc(Nc5ccc(C(=O)N6CCOCC6)cc5Cl)o4)c3c2)cn1. The van der Waals surface area contributed by atoms with Gasteiger partial charge in [-0.2, -0.15) is 5.10 Å². The summed E-state index contributed by atoms with van der Waals surface area (Å²) in [6.07, 6.45) is 7.28. The lowest BCUT2D eigenvalue weighted by molar-refractivity contribution is 0.0303. The van der Waals surface area contributed by atoms with Crippen LogP contribution in [0.5, 0.6) is 0 Å². The lowest BCUT2D eigenvalue weighted by Crippen LogP contribution is -2.40. The molecule has 0 bridgehead atoms. The maximum atomic E-state index is 12.7. The van der Waals surface area contributed by atoms with E-state index in [-0.39, 0.29) is 11.9 Å². The van der Waals surface area contributed by atoms with E-state index >= 15 is 0 Å². The van der Waals surface area contributed by atoms with Gasteiger partial charge in [0.15, 0.2) is 0 Å². The van der Waals surface area contributed by atoms with Gasteiger partial charge < -0.3 is 24.4 Å². The molecule has 0 saturated carbocycles. The van der Waals surface area contributed by atoms with E-state index in [1.807, 2.05) is 19.3 Å². The minimum Gasteiger partial charge on any atom is -0.403 e. The van der Waals surface area contributed by atoms with E-state index in [0.29, 0.717) is 54.1 Å². The molecule has 2 N–H and O–H groups in total. The summed E-state index contributed by atoms with van der Waals surface area (Å²) in [6, 6.07) is 7.24. The first-order chi connectivity index (χ1) is 17.5. The van der Waals surface area contributed by atoms with E-state index in [1.54, 1.807) is 46.4 Å². The number of anilines is 2. The number of hydrogen-bond donors (Lipinski definition) is 2. The number of morpholine rings is 1. The van der Waals surface area contributed by atoms with Crippen LogP contribution in [0.4, 0.5) is 11.7 Å². The van der Waals surface area contributed by atoms with Crippen LogP contribution in [0.2, 0.25) is 5.02 Å². The molecule has 5 aromatic rings. The molecule has 0 spiro atoms. The van der Waals surface area contributed by atoms with Gasteiger partial charge in [-0.1, -0.05) is 16.7 Å². The van der Waals surface area contributed by atoms with Crippen molar-refractivity contribution in [2.24, 2.45) is 7.05 Å². The van der Waals surface area contributed by atoms with E-state index < -0.39 is 0 Å². The van der Waals surface area contributed by atoms with Gasteiger partial charge in [-0.15, -0.1) is 5.10 Å². The van der Waals surface area contributed by atoms with Gasteiger partial charge >= 0.3 is 6.01 Å². The van der Waals surface area contributed by atoms with Crippen LogP contribution < -0.4 is 5.32 Å². The number of fused-ring (bicyclic) bond motifs is 1. The number of amides is 1. The summed E-state index contributed by atoms with van der Waals surface area (Å²) in [4.78, 5) is 22.1. The van der Waals surface area contributed by atoms with Gasteiger partial charge in [-0.05, 0) is 24.3 Å². The summed E-state index contributed by atoms with van der Waals surface area (Å²) < 4.78 is 12.9. The highest BCUT2D eigenvalue weighted by Gasteiger charge is 2.20. The predicted octanol–water partition coefficient (Wildman–Crippen LogP) is 3.88. The van der Waals surface area contributed by atoms with Gasteiger partial charge in [0.1, 0.15) is 5.65 Å². The quantitative estimate of drug-likeness (QED) is 0.369. The Morgan fingerprint density at radius 3 is 2.78 bits per heavy atom. The van der Waals surface area contributed by atoms with Gasteiger partial charge in [0, 0.05) is 60.8 Å². The summed E-state index contributed by atoms with van der Waals surface area (Å²) in [5, 5.41) is 16.8. The van der Waals surface area contributed by atoms with Crippen molar-refractivity contribution < 1.29 is 13.9 Å². The third kappa shape index (κ3) is 4.18. The summed E-state index contributed by atoms with van der Waals surface area (Å²) >= 11 is 6.46. The number of hydrogen-bond acceptors (Lipinski definition) is 8. The van der Waals surface area contributed by atoms with Gasteiger partial charge in [-0.25, -0.2) is 4.98 Å². The Morgan fingerprint density at radius 2 is 2.00 bits per heavy atom. The molecule has 11 nitrogen and oxygen atoms in total. The number of aromatic amines is 1. The fourth-order valence-electron chi connectivity index (χ4n) is 4.10. The number of carbonyl (C=O) groups is 1. The normalized spacial score (nSPS) is 13.9. The van der Waals surface area contributed by atoms with Crippen molar-refractivity contribution in [3.8, 4) is 22.6 Å². The third-order valence-corrected chi connectivity index (χ3v) is 6.29. The molecule has 6 rings (SSSR count). The highest BCUT2D eigenvalue weighted by molar-refractivity contribution is 6.33. The molecule has 0 aliphatic carbocycles. The Hall–Kier alpha value is -4.22. The minimum atomic E-state index is -0.0783. The molecule has 1 aliphatic heterocycles. The first-order valence-corrected chi connectivity index (χ1v) is 11.7. The topological polar surface area (TPSA) is 127 Å². The van der Waals surface area contributed by atoms with Crippen LogP contribution in [0.15, 0.2) is 53.5 Å². The molecule has 1 aromatic carbocycles. The van der Waals surface area contributed by atoms with E-state index in [2.05, 4.69) is 30.6 Å².